The maximum absolute atomic E-state index is 15.6. The summed E-state index contributed by atoms with van der Waals surface area (Å²) < 4.78 is 43.4. The first-order valence-electron chi connectivity index (χ1n) is 12.6. The minimum absolute atomic E-state index is 0.0338. The highest BCUT2D eigenvalue weighted by Crippen LogP contribution is 2.49. The van der Waals surface area contributed by atoms with Crippen LogP contribution in [-0.2, 0) is 11.3 Å². The van der Waals surface area contributed by atoms with Gasteiger partial charge in [0.15, 0.2) is 23.1 Å². The molecule has 10 nitrogen and oxygen atoms in total. The van der Waals surface area contributed by atoms with Gasteiger partial charge >= 0.3 is 0 Å². The van der Waals surface area contributed by atoms with Crippen molar-refractivity contribution in [2.24, 2.45) is 0 Å². The number of anilines is 1. The number of halogens is 2. The number of hydrogen-bond donors (Lipinski definition) is 2. The number of morpholine rings is 1. The van der Waals surface area contributed by atoms with Crippen molar-refractivity contribution in [3.8, 4) is 11.5 Å². The van der Waals surface area contributed by atoms with E-state index in [0.717, 1.165) is 12.1 Å². The Balaban J connectivity index is 1.56. The molecular formula is C27H24F2N4O6. The highest BCUT2D eigenvalue weighted by atomic mass is 19.2. The van der Waals surface area contributed by atoms with E-state index >= 15 is 4.39 Å². The van der Waals surface area contributed by atoms with Crippen LogP contribution in [0.1, 0.15) is 33.2 Å². The predicted molar refractivity (Wildman–Crippen MR) is 133 cm³/mol. The second kappa shape index (κ2) is 8.68. The van der Waals surface area contributed by atoms with E-state index in [1.165, 1.54) is 21.8 Å². The summed E-state index contributed by atoms with van der Waals surface area (Å²) in [5.74, 6) is -2.73. The number of ether oxygens (including phenoxy) is 2. The van der Waals surface area contributed by atoms with Gasteiger partial charge in [-0.1, -0.05) is 18.2 Å². The standard InChI is InChI=1S/C27H24F2N4O6/c28-18-5-4-15-17(22(18)29)10-31-14(11-34)12-39-20-3-1-2-16(24(20)31)23(15)33-21-13-38-9-8-30(21)27(37)25-26(36)19(35)6-7-32(25)33/h1-7,14,21,23,34,36H,8-13H2/t14-,21+,23-/m0/s1. The van der Waals surface area contributed by atoms with Gasteiger partial charge in [-0.05, 0) is 17.7 Å². The first-order valence-corrected chi connectivity index (χ1v) is 12.6. The lowest BCUT2D eigenvalue weighted by Crippen LogP contribution is -2.66. The van der Waals surface area contributed by atoms with Gasteiger partial charge in [-0.15, -0.1) is 0 Å². The van der Waals surface area contributed by atoms with E-state index in [2.05, 4.69) is 0 Å². The number of para-hydroxylation sites is 1. The minimum atomic E-state index is -1.01. The number of carbonyl (C=O) groups excluding carboxylic acids is 1. The lowest BCUT2D eigenvalue weighted by molar-refractivity contribution is -0.0197. The molecule has 1 aromatic heterocycles. The zero-order valence-electron chi connectivity index (χ0n) is 20.6. The molecular weight excluding hydrogens is 514 g/mol. The highest BCUT2D eigenvalue weighted by molar-refractivity contribution is 5.96. The molecule has 0 spiro atoms. The van der Waals surface area contributed by atoms with Crippen LogP contribution in [0.4, 0.5) is 14.5 Å². The number of hydrogen-bond acceptors (Lipinski definition) is 8. The van der Waals surface area contributed by atoms with E-state index in [1.54, 1.807) is 17.1 Å². The first-order chi connectivity index (χ1) is 18.9. The van der Waals surface area contributed by atoms with Crippen LogP contribution in [0.5, 0.6) is 11.5 Å². The molecule has 0 radical (unpaired) electrons. The lowest BCUT2D eigenvalue weighted by Gasteiger charge is -2.51. The largest absolute Gasteiger partial charge is 0.502 e. The van der Waals surface area contributed by atoms with Crippen molar-refractivity contribution >= 4 is 11.6 Å². The number of nitrogens with zero attached hydrogens (tertiary/aromatic N) is 4. The molecule has 0 bridgehead atoms. The van der Waals surface area contributed by atoms with Crippen molar-refractivity contribution in [2.45, 2.75) is 24.8 Å². The Bertz CT molecular complexity index is 1580. The second-order valence-corrected chi connectivity index (χ2v) is 9.96. The average Bonchev–Trinajstić information content (AvgIpc) is 3.10. The van der Waals surface area contributed by atoms with E-state index < -0.39 is 47.0 Å². The molecule has 1 fully saturated rings. The number of fused-ring (bicyclic) bond motifs is 3. The van der Waals surface area contributed by atoms with Gasteiger partial charge in [0.2, 0.25) is 5.43 Å². The second-order valence-electron chi connectivity index (χ2n) is 9.96. The summed E-state index contributed by atoms with van der Waals surface area (Å²) in [6.45, 7) is 0.412. The number of aromatic hydroxyl groups is 1. The van der Waals surface area contributed by atoms with Crippen molar-refractivity contribution in [2.75, 3.05) is 42.9 Å². The van der Waals surface area contributed by atoms with Gasteiger partial charge in [0.05, 0.1) is 31.5 Å². The number of benzene rings is 2. The quantitative estimate of drug-likeness (QED) is 0.505. The molecule has 1 amide bonds. The van der Waals surface area contributed by atoms with Crippen molar-refractivity contribution in [3.63, 3.8) is 0 Å². The smallest absolute Gasteiger partial charge is 0.278 e. The molecule has 2 aromatic carbocycles. The van der Waals surface area contributed by atoms with Crippen LogP contribution >= 0.6 is 0 Å². The number of pyridine rings is 1. The maximum atomic E-state index is 15.6. The van der Waals surface area contributed by atoms with E-state index in [-0.39, 0.29) is 50.8 Å². The van der Waals surface area contributed by atoms with Crippen molar-refractivity contribution in [1.29, 1.82) is 0 Å². The Hall–Kier alpha value is -4.16. The molecule has 1 saturated heterocycles. The highest BCUT2D eigenvalue weighted by Gasteiger charge is 2.48. The van der Waals surface area contributed by atoms with E-state index in [1.807, 2.05) is 11.0 Å². The Morgan fingerprint density at radius 1 is 1.03 bits per heavy atom. The molecule has 3 atom stereocenters. The summed E-state index contributed by atoms with van der Waals surface area (Å²) in [4.78, 5) is 29.3. The third-order valence-electron chi connectivity index (χ3n) is 7.99. The van der Waals surface area contributed by atoms with Crippen LogP contribution in [0, 0.1) is 11.6 Å². The molecule has 4 aliphatic heterocycles. The zero-order chi connectivity index (χ0) is 27.0. The number of rotatable bonds is 2. The van der Waals surface area contributed by atoms with Crippen LogP contribution in [0.15, 0.2) is 47.4 Å². The summed E-state index contributed by atoms with van der Waals surface area (Å²) >= 11 is 0. The SMILES string of the molecule is O=C1c2c(O)c(=O)ccn2N([C@H]2c3ccc(F)c(F)c3CN3c4c(cccc42)OC[C@@H]3CO)[C@@H]2COCCN12. The van der Waals surface area contributed by atoms with Crippen LogP contribution in [0.25, 0.3) is 0 Å². The lowest BCUT2D eigenvalue weighted by atomic mass is 9.92. The van der Waals surface area contributed by atoms with Gasteiger partial charge in [0, 0.05) is 36.5 Å². The van der Waals surface area contributed by atoms with Gasteiger partial charge in [-0.2, -0.15) is 0 Å². The van der Waals surface area contributed by atoms with Gasteiger partial charge in [-0.25, -0.2) is 8.78 Å². The molecule has 0 saturated carbocycles. The van der Waals surface area contributed by atoms with Gasteiger partial charge < -0.3 is 29.5 Å². The van der Waals surface area contributed by atoms with Crippen LogP contribution < -0.4 is 20.1 Å². The first kappa shape index (κ1) is 23.9. The molecule has 7 rings (SSSR count). The zero-order valence-corrected chi connectivity index (χ0v) is 20.6. The monoisotopic (exact) mass is 538 g/mol. The summed E-state index contributed by atoms with van der Waals surface area (Å²) in [6, 6.07) is 7.77. The molecule has 3 aromatic rings. The fraction of sp³-hybridized carbons (Fsp3) is 0.333. The van der Waals surface area contributed by atoms with Crippen molar-refractivity contribution in [3.05, 3.63) is 86.8 Å². The Kier molecular flexibility index (Phi) is 5.32. The topological polar surface area (TPSA) is 108 Å². The third-order valence-corrected chi connectivity index (χ3v) is 7.99. The molecule has 39 heavy (non-hydrogen) atoms. The fourth-order valence-corrected chi connectivity index (χ4v) is 6.18. The minimum Gasteiger partial charge on any atom is -0.502 e. The number of carbonyl (C=O) groups is 1. The number of amides is 1. The molecule has 0 aliphatic carbocycles. The fourth-order valence-electron chi connectivity index (χ4n) is 6.18. The van der Waals surface area contributed by atoms with E-state index in [4.69, 9.17) is 9.47 Å². The normalized spacial score (nSPS) is 23.3. The van der Waals surface area contributed by atoms with Crippen LogP contribution in [0.2, 0.25) is 0 Å². The van der Waals surface area contributed by atoms with Gasteiger partial charge in [0.25, 0.3) is 5.91 Å². The van der Waals surface area contributed by atoms with E-state index in [0.29, 0.717) is 22.6 Å². The Labute approximate surface area is 220 Å². The number of aromatic nitrogens is 1. The molecule has 5 heterocycles. The Morgan fingerprint density at radius 2 is 1.87 bits per heavy atom. The van der Waals surface area contributed by atoms with Crippen LogP contribution in [0.3, 0.4) is 0 Å². The van der Waals surface area contributed by atoms with E-state index in [9.17, 15) is 24.2 Å². The summed E-state index contributed by atoms with van der Waals surface area (Å²) in [5.41, 5.74) is 0.848. The summed E-state index contributed by atoms with van der Waals surface area (Å²) in [5, 5.41) is 22.7. The molecule has 12 heteroatoms. The van der Waals surface area contributed by atoms with Crippen molar-refractivity contribution < 1.29 is 33.3 Å². The molecule has 2 N–H and O–H groups in total. The Morgan fingerprint density at radius 3 is 2.69 bits per heavy atom. The predicted octanol–water partition coefficient (Wildman–Crippen LogP) is 1.45. The number of aliphatic hydroxyl groups is 1. The number of aliphatic hydroxyl groups excluding tert-OH is 1. The molecule has 202 valence electrons. The molecule has 0 unspecified atom stereocenters. The molecule has 4 aliphatic rings. The maximum Gasteiger partial charge on any atom is 0.278 e. The van der Waals surface area contributed by atoms with Gasteiger partial charge in [0.1, 0.15) is 24.6 Å². The summed E-state index contributed by atoms with van der Waals surface area (Å²) in [7, 11) is 0. The van der Waals surface area contributed by atoms with Gasteiger partial charge in [-0.3, -0.25) is 19.3 Å². The third kappa shape index (κ3) is 3.31. The van der Waals surface area contributed by atoms with Crippen LogP contribution in [-0.4, -0.2) is 70.9 Å². The van der Waals surface area contributed by atoms with Crippen molar-refractivity contribution in [1.82, 2.24) is 9.58 Å². The summed E-state index contributed by atoms with van der Waals surface area (Å²) in [6.07, 6.45) is 0.693. The average molecular weight is 539 g/mol.